The fourth-order valence-corrected chi connectivity index (χ4v) is 5.55. The lowest BCUT2D eigenvalue weighted by molar-refractivity contribution is -0.137. The van der Waals surface area contributed by atoms with E-state index < -0.39 is 11.4 Å². The van der Waals surface area contributed by atoms with Crippen molar-refractivity contribution in [3.8, 4) is 5.75 Å². The molecule has 1 atom stereocenters. The largest absolute Gasteiger partial charge is 0.497 e. The fourth-order valence-electron chi connectivity index (χ4n) is 5.55. The molecule has 0 aromatic heterocycles. The van der Waals surface area contributed by atoms with Crippen LogP contribution in [-0.2, 0) is 23.2 Å². The zero-order valence-electron chi connectivity index (χ0n) is 20.8. The van der Waals surface area contributed by atoms with Gasteiger partial charge in [-0.1, -0.05) is 78.9 Å². The number of nitrogens with zero attached hydrogens (tertiary/aromatic N) is 1. The highest BCUT2D eigenvalue weighted by atomic mass is 16.5. The predicted molar refractivity (Wildman–Crippen MR) is 143 cm³/mol. The molecule has 1 aliphatic heterocycles. The summed E-state index contributed by atoms with van der Waals surface area (Å²) in [5, 5.41) is 10.2. The van der Waals surface area contributed by atoms with Crippen LogP contribution in [0.25, 0.3) is 0 Å². The number of methoxy groups -OCH3 is 1. The van der Waals surface area contributed by atoms with Crippen molar-refractivity contribution >= 4 is 11.9 Å². The number of carboxylic acid groups (broad SMARTS) is 1. The second-order valence-corrected chi connectivity index (χ2v) is 9.36. The molecule has 0 fully saturated rings. The van der Waals surface area contributed by atoms with Gasteiger partial charge in [-0.15, -0.1) is 0 Å². The van der Waals surface area contributed by atoms with E-state index in [1.807, 2.05) is 108 Å². The van der Waals surface area contributed by atoms with Crippen molar-refractivity contribution in [3.05, 3.63) is 137 Å². The molecular formula is C32H29NO4. The highest BCUT2D eigenvalue weighted by molar-refractivity contribution is 5.94. The highest BCUT2D eigenvalue weighted by Crippen LogP contribution is 2.45. The quantitative estimate of drug-likeness (QED) is 0.337. The Kier molecular flexibility index (Phi) is 6.78. The number of carbonyl (C=O) groups is 2. The van der Waals surface area contributed by atoms with Crippen LogP contribution in [0.3, 0.4) is 0 Å². The van der Waals surface area contributed by atoms with Crippen molar-refractivity contribution in [1.82, 2.24) is 4.90 Å². The molecule has 0 bridgehead atoms. The molecule has 5 rings (SSSR count). The van der Waals surface area contributed by atoms with Crippen molar-refractivity contribution in [1.29, 1.82) is 0 Å². The minimum absolute atomic E-state index is 0.00617. The maximum absolute atomic E-state index is 13.2. The molecule has 1 N–H and O–H groups in total. The van der Waals surface area contributed by atoms with E-state index in [1.54, 1.807) is 7.11 Å². The zero-order chi connectivity index (χ0) is 25.8. The molecule has 5 heteroatoms. The smallest absolute Gasteiger partial charge is 0.304 e. The van der Waals surface area contributed by atoms with Crippen molar-refractivity contribution in [2.24, 2.45) is 0 Å². The average molecular weight is 492 g/mol. The normalized spacial score (nSPS) is 14.4. The number of hydrogen-bond donors (Lipinski definition) is 1. The van der Waals surface area contributed by atoms with Gasteiger partial charge in [-0.25, -0.2) is 0 Å². The second kappa shape index (κ2) is 10.3. The van der Waals surface area contributed by atoms with Gasteiger partial charge in [0.15, 0.2) is 0 Å². The number of fused-ring (bicyclic) bond motifs is 1. The van der Waals surface area contributed by atoms with Gasteiger partial charge < -0.3 is 14.7 Å². The number of carboxylic acids is 1. The topological polar surface area (TPSA) is 66.8 Å². The summed E-state index contributed by atoms with van der Waals surface area (Å²) < 4.78 is 5.38. The number of benzene rings is 4. The molecule has 0 aliphatic carbocycles. The molecule has 1 amide bonds. The van der Waals surface area contributed by atoms with E-state index in [9.17, 15) is 14.7 Å². The van der Waals surface area contributed by atoms with E-state index >= 15 is 0 Å². The summed E-state index contributed by atoms with van der Waals surface area (Å²) in [5.74, 6) is -0.160. The molecule has 1 unspecified atom stereocenters. The first-order valence-corrected chi connectivity index (χ1v) is 12.4. The first kappa shape index (κ1) is 24.3. The van der Waals surface area contributed by atoms with Gasteiger partial charge in [0.25, 0.3) is 5.91 Å². The van der Waals surface area contributed by atoms with E-state index in [1.165, 1.54) is 0 Å². The Morgan fingerprint density at radius 2 is 1.49 bits per heavy atom. The third-order valence-electron chi connectivity index (χ3n) is 7.30. The Morgan fingerprint density at radius 3 is 2.14 bits per heavy atom. The van der Waals surface area contributed by atoms with Gasteiger partial charge in [0.2, 0.25) is 0 Å². The van der Waals surface area contributed by atoms with Crippen LogP contribution in [0.2, 0.25) is 0 Å². The number of hydrogen-bond acceptors (Lipinski definition) is 3. The van der Waals surface area contributed by atoms with E-state index in [-0.39, 0.29) is 12.3 Å². The van der Waals surface area contributed by atoms with Crippen molar-refractivity contribution < 1.29 is 19.4 Å². The second-order valence-electron chi connectivity index (χ2n) is 9.36. The standard InChI is InChI=1S/C32H29NO4/c1-37-27-17-15-26(16-18-27)32(21-30(34)35,25-12-6-3-7-13-25)29-14-8-11-24-22-33(20-19-28(24)29)31(36)23-9-4-2-5-10-23/h2-18H,19-22H2,1H3,(H,34,35). The van der Waals surface area contributed by atoms with Crippen LogP contribution in [0.15, 0.2) is 103 Å². The molecule has 5 nitrogen and oxygen atoms in total. The van der Waals surface area contributed by atoms with Crippen LogP contribution < -0.4 is 4.74 Å². The van der Waals surface area contributed by atoms with E-state index in [4.69, 9.17) is 4.74 Å². The van der Waals surface area contributed by atoms with Crippen LogP contribution in [0.1, 0.15) is 44.6 Å². The van der Waals surface area contributed by atoms with Crippen LogP contribution >= 0.6 is 0 Å². The molecule has 1 heterocycles. The van der Waals surface area contributed by atoms with Crippen molar-refractivity contribution in [3.63, 3.8) is 0 Å². The molecule has 1 aliphatic rings. The van der Waals surface area contributed by atoms with E-state index in [2.05, 4.69) is 0 Å². The maximum atomic E-state index is 13.2. The van der Waals surface area contributed by atoms with Gasteiger partial charge in [0.1, 0.15) is 5.75 Å². The van der Waals surface area contributed by atoms with E-state index in [0.717, 1.165) is 27.8 Å². The first-order chi connectivity index (χ1) is 18.0. The number of aliphatic carboxylic acids is 1. The van der Waals surface area contributed by atoms with Crippen LogP contribution in [0.4, 0.5) is 0 Å². The van der Waals surface area contributed by atoms with Crippen LogP contribution in [-0.4, -0.2) is 35.5 Å². The highest BCUT2D eigenvalue weighted by Gasteiger charge is 2.41. The lowest BCUT2D eigenvalue weighted by atomic mass is 9.65. The Morgan fingerprint density at radius 1 is 0.838 bits per heavy atom. The number of rotatable bonds is 7. The van der Waals surface area contributed by atoms with E-state index in [0.29, 0.717) is 30.8 Å². The van der Waals surface area contributed by atoms with Gasteiger partial charge in [0.05, 0.1) is 18.9 Å². The summed E-state index contributed by atoms with van der Waals surface area (Å²) in [6.45, 7) is 1.05. The average Bonchev–Trinajstić information content (AvgIpc) is 2.96. The minimum Gasteiger partial charge on any atom is -0.497 e. The maximum Gasteiger partial charge on any atom is 0.304 e. The summed E-state index contributed by atoms with van der Waals surface area (Å²) in [6, 6.07) is 32.9. The van der Waals surface area contributed by atoms with Gasteiger partial charge >= 0.3 is 5.97 Å². The molecule has 0 saturated carbocycles. The summed E-state index contributed by atoms with van der Waals surface area (Å²) in [7, 11) is 1.62. The third kappa shape index (κ3) is 4.60. The number of carbonyl (C=O) groups excluding carboxylic acids is 1. The van der Waals surface area contributed by atoms with Crippen LogP contribution in [0.5, 0.6) is 5.75 Å². The summed E-state index contributed by atoms with van der Waals surface area (Å²) >= 11 is 0. The number of ether oxygens (including phenoxy) is 1. The minimum atomic E-state index is -0.906. The van der Waals surface area contributed by atoms with Crippen molar-refractivity contribution in [2.75, 3.05) is 13.7 Å². The molecule has 0 saturated heterocycles. The van der Waals surface area contributed by atoms with Crippen molar-refractivity contribution in [2.45, 2.75) is 24.8 Å². The molecule has 4 aromatic rings. The summed E-state index contributed by atoms with van der Waals surface area (Å²) in [6.07, 6.45) is 0.543. The third-order valence-corrected chi connectivity index (χ3v) is 7.30. The Labute approximate surface area is 217 Å². The molecule has 0 radical (unpaired) electrons. The molecule has 4 aromatic carbocycles. The zero-order valence-corrected chi connectivity index (χ0v) is 20.8. The molecule has 186 valence electrons. The SMILES string of the molecule is COc1ccc(C(CC(=O)O)(c2ccccc2)c2cccc3c2CCN(C(=O)c2ccccc2)C3)cc1. The lowest BCUT2D eigenvalue weighted by Crippen LogP contribution is -2.39. The Bertz CT molecular complexity index is 1400. The van der Waals surface area contributed by atoms with Gasteiger partial charge in [-0.05, 0) is 58.5 Å². The molecule has 37 heavy (non-hydrogen) atoms. The van der Waals surface area contributed by atoms with Crippen LogP contribution in [0, 0.1) is 0 Å². The number of amides is 1. The Hall–Kier alpha value is -4.38. The monoisotopic (exact) mass is 491 g/mol. The molecular weight excluding hydrogens is 462 g/mol. The van der Waals surface area contributed by atoms with Gasteiger partial charge in [-0.3, -0.25) is 9.59 Å². The Balaban J connectivity index is 1.65. The fraction of sp³-hybridized carbons (Fsp3) is 0.188. The summed E-state index contributed by atoms with van der Waals surface area (Å²) in [5.41, 5.74) is 4.70. The molecule has 0 spiro atoms. The van der Waals surface area contributed by atoms with Gasteiger partial charge in [-0.2, -0.15) is 0 Å². The first-order valence-electron chi connectivity index (χ1n) is 12.4. The van der Waals surface area contributed by atoms with Gasteiger partial charge in [0, 0.05) is 18.7 Å². The lowest BCUT2D eigenvalue weighted by Gasteiger charge is -2.39. The predicted octanol–water partition coefficient (Wildman–Crippen LogP) is 5.70. The summed E-state index contributed by atoms with van der Waals surface area (Å²) in [4.78, 5) is 27.5.